The van der Waals surface area contributed by atoms with Gasteiger partial charge >= 0.3 is 4.87 Å². The summed E-state index contributed by atoms with van der Waals surface area (Å²) < 4.78 is 0. The Morgan fingerprint density at radius 1 is 1.35 bits per heavy atom. The van der Waals surface area contributed by atoms with Crippen molar-refractivity contribution in [3.63, 3.8) is 0 Å². The maximum Gasteiger partial charge on any atom is 0.305 e. The van der Waals surface area contributed by atoms with Crippen molar-refractivity contribution in [2.45, 2.75) is 45.1 Å². The van der Waals surface area contributed by atoms with Gasteiger partial charge in [-0.3, -0.25) is 9.59 Å². The number of carbonyl (C=O) groups is 1. The molecule has 2 rings (SSSR count). The summed E-state index contributed by atoms with van der Waals surface area (Å²) >= 11 is 1.01. The third kappa shape index (κ3) is 2.60. The summed E-state index contributed by atoms with van der Waals surface area (Å²) in [5.41, 5.74) is 0.688. The molecular weight excluding hydrogens is 236 g/mol. The molecule has 1 aromatic heterocycles. The van der Waals surface area contributed by atoms with Gasteiger partial charge in [-0.05, 0) is 19.8 Å². The average Bonchev–Trinajstić information content (AvgIpc) is 2.68. The molecule has 0 bridgehead atoms. The highest BCUT2D eigenvalue weighted by Gasteiger charge is 2.25. The number of H-pyrrole nitrogens is 1. The fourth-order valence-corrected chi connectivity index (χ4v) is 3.23. The zero-order chi connectivity index (χ0) is 12.4. The van der Waals surface area contributed by atoms with Crippen LogP contribution in [-0.4, -0.2) is 28.9 Å². The highest BCUT2D eigenvalue weighted by molar-refractivity contribution is 7.11. The van der Waals surface area contributed by atoms with E-state index in [0.29, 0.717) is 16.6 Å². The first kappa shape index (κ1) is 12.4. The number of aromatic amines is 1. The predicted octanol–water partition coefficient (Wildman–Crippen LogP) is 2.15. The maximum atomic E-state index is 12.3. The second-order valence-electron chi connectivity index (χ2n) is 4.68. The van der Waals surface area contributed by atoms with Crippen LogP contribution in [0.1, 0.15) is 47.5 Å². The van der Waals surface area contributed by atoms with E-state index in [1.165, 1.54) is 19.3 Å². The van der Waals surface area contributed by atoms with Gasteiger partial charge in [0.2, 0.25) is 0 Å². The lowest BCUT2D eigenvalue weighted by Gasteiger charge is -2.31. The Kier molecular flexibility index (Phi) is 3.66. The summed E-state index contributed by atoms with van der Waals surface area (Å²) in [5, 5.41) is 0. The lowest BCUT2D eigenvalue weighted by atomic mass is 9.94. The summed E-state index contributed by atoms with van der Waals surface area (Å²) in [6, 6.07) is 0.341. The minimum absolute atomic E-state index is 0.0160. The summed E-state index contributed by atoms with van der Waals surface area (Å²) in [6.07, 6.45) is 5.84. The van der Waals surface area contributed by atoms with Gasteiger partial charge in [-0.2, -0.15) is 0 Å². The zero-order valence-corrected chi connectivity index (χ0v) is 11.1. The summed E-state index contributed by atoms with van der Waals surface area (Å²) in [7, 11) is 1.85. The third-order valence-electron chi connectivity index (χ3n) is 3.46. The molecular formula is C12H18N2O2S. The van der Waals surface area contributed by atoms with Crippen LogP contribution >= 0.6 is 11.3 Å². The molecule has 5 heteroatoms. The molecule has 4 nitrogen and oxygen atoms in total. The zero-order valence-electron chi connectivity index (χ0n) is 10.3. The number of nitrogens with zero attached hydrogens (tertiary/aromatic N) is 1. The molecule has 94 valence electrons. The Bertz CT molecular complexity index is 457. The smallest absolute Gasteiger partial charge is 0.305 e. The van der Waals surface area contributed by atoms with Crippen molar-refractivity contribution >= 4 is 17.2 Å². The second-order valence-corrected chi connectivity index (χ2v) is 5.66. The first-order valence-electron chi connectivity index (χ1n) is 6.06. The minimum atomic E-state index is -0.150. The van der Waals surface area contributed by atoms with Crippen LogP contribution in [0, 0.1) is 6.92 Å². The van der Waals surface area contributed by atoms with Gasteiger partial charge in [-0.15, -0.1) is 0 Å². The maximum absolute atomic E-state index is 12.3. The Hall–Kier alpha value is -1.10. The fraction of sp³-hybridized carbons (Fsp3) is 0.667. The van der Waals surface area contributed by atoms with E-state index in [-0.39, 0.29) is 10.8 Å². The van der Waals surface area contributed by atoms with Crippen molar-refractivity contribution in [3.05, 3.63) is 20.2 Å². The molecule has 1 fully saturated rings. The van der Waals surface area contributed by atoms with E-state index < -0.39 is 0 Å². The van der Waals surface area contributed by atoms with Gasteiger partial charge in [0.15, 0.2) is 0 Å². The first-order valence-corrected chi connectivity index (χ1v) is 6.88. The number of nitrogens with one attached hydrogen (secondary N) is 1. The first-order chi connectivity index (χ1) is 8.09. The monoisotopic (exact) mass is 254 g/mol. The topological polar surface area (TPSA) is 53.2 Å². The highest BCUT2D eigenvalue weighted by atomic mass is 32.1. The molecule has 1 aliphatic carbocycles. The van der Waals surface area contributed by atoms with Crippen LogP contribution in [-0.2, 0) is 0 Å². The largest absolute Gasteiger partial charge is 0.338 e. The number of carbonyl (C=O) groups excluding carboxylic acids is 1. The number of hydrogen-bond donors (Lipinski definition) is 1. The summed E-state index contributed by atoms with van der Waals surface area (Å²) in [6.45, 7) is 1.78. The van der Waals surface area contributed by atoms with Gasteiger partial charge in [-0.25, -0.2) is 0 Å². The molecule has 1 aliphatic rings. The standard InChI is InChI=1S/C12H18N2O2S/c1-8-10(17-12(16)13-8)11(15)14(2)9-6-4-3-5-7-9/h9H,3-7H2,1-2H3,(H,13,16). The number of thiazole rings is 1. The van der Waals surface area contributed by atoms with Crippen molar-refractivity contribution in [3.8, 4) is 0 Å². The quantitative estimate of drug-likeness (QED) is 0.879. The fourth-order valence-electron chi connectivity index (χ4n) is 2.40. The SMILES string of the molecule is Cc1[nH]c(=O)sc1C(=O)N(C)C1CCCCC1. The van der Waals surface area contributed by atoms with Crippen molar-refractivity contribution < 1.29 is 4.79 Å². The van der Waals surface area contributed by atoms with E-state index in [2.05, 4.69) is 4.98 Å². The Morgan fingerprint density at radius 3 is 2.53 bits per heavy atom. The minimum Gasteiger partial charge on any atom is -0.338 e. The Morgan fingerprint density at radius 2 is 2.00 bits per heavy atom. The van der Waals surface area contributed by atoms with Crippen LogP contribution in [0.3, 0.4) is 0 Å². The summed E-state index contributed by atoms with van der Waals surface area (Å²) in [5.74, 6) is -0.0160. The second kappa shape index (κ2) is 5.04. The van der Waals surface area contributed by atoms with Gasteiger partial charge in [0, 0.05) is 18.8 Å². The molecule has 0 atom stereocenters. The molecule has 1 N–H and O–H groups in total. The highest BCUT2D eigenvalue weighted by Crippen LogP contribution is 2.23. The number of amides is 1. The van der Waals surface area contributed by atoms with Gasteiger partial charge < -0.3 is 9.88 Å². The van der Waals surface area contributed by atoms with Gasteiger partial charge in [0.1, 0.15) is 4.88 Å². The summed E-state index contributed by atoms with van der Waals surface area (Å²) in [4.78, 5) is 28.3. The van der Waals surface area contributed by atoms with E-state index in [9.17, 15) is 9.59 Å². The molecule has 0 aromatic carbocycles. The molecule has 17 heavy (non-hydrogen) atoms. The molecule has 0 unspecified atom stereocenters. The van der Waals surface area contributed by atoms with E-state index >= 15 is 0 Å². The van der Waals surface area contributed by atoms with Gasteiger partial charge in [-0.1, -0.05) is 30.6 Å². The van der Waals surface area contributed by atoms with Crippen molar-refractivity contribution in [1.29, 1.82) is 0 Å². The Labute approximate surface area is 105 Å². The average molecular weight is 254 g/mol. The van der Waals surface area contributed by atoms with Crippen LogP contribution in [0.25, 0.3) is 0 Å². The molecule has 1 amide bonds. The van der Waals surface area contributed by atoms with Crippen molar-refractivity contribution in [2.24, 2.45) is 0 Å². The van der Waals surface area contributed by atoms with Gasteiger partial charge in [0.25, 0.3) is 5.91 Å². The number of rotatable bonds is 2. The third-order valence-corrected chi connectivity index (χ3v) is 4.43. The number of aryl methyl sites for hydroxylation is 1. The predicted molar refractivity (Wildman–Crippen MR) is 68.6 cm³/mol. The van der Waals surface area contributed by atoms with E-state index in [4.69, 9.17) is 0 Å². The van der Waals surface area contributed by atoms with Gasteiger partial charge in [0.05, 0.1) is 0 Å². The van der Waals surface area contributed by atoms with E-state index in [1.54, 1.807) is 6.92 Å². The lowest BCUT2D eigenvalue weighted by Crippen LogP contribution is -2.38. The molecule has 0 radical (unpaired) electrons. The van der Waals surface area contributed by atoms with Crippen molar-refractivity contribution in [2.75, 3.05) is 7.05 Å². The molecule has 1 aromatic rings. The van der Waals surface area contributed by atoms with E-state index in [1.807, 2.05) is 11.9 Å². The molecule has 0 saturated heterocycles. The lowest BCUT2D eigenvalue weighted by molar-refractivity contribution is 0.0700. The van der Waals surface area contributed by atoms with Crippen LogP contribution in [0.4, 0.5) is 0 Å². The van der Waals surface area contributed by atoms with Crippen LogP contribution in [0.5, 0.6) is 0 Å². The molecule has 0 aliphatic heterocycles. The number of hydrogen-bond acceptors (Lipinski definition) is 3. The molecule has 0 spiro atoms. The molecule has 1 heterocycles. The molecule has 1 saturated carbocycles. The number of aromatic nitrogens is 1. The normalized spacial score (nSPS) is 17.1. The van der Waals surface area contributed by atoms with Crippen LogP contribution in [0.15, 0.2) is 4.79 Å². The van der Waals surface area contributed by atoms with Crippen molar-refractivity contribution in [1.82, 2.24) is 9.88 Å². The Balaban J connectivity index is 2.13. The van der Waals surface area contributed by atoms with Crippen LogP contribution in [0.2, 0.25) is 0 Å². The van der Waals surface area contributed by atoms with E-state index in [0.717, 1.165) is 24.2 Å². The van der Waals surface area contributed by atoms with Crippen LogP contribution < -0.4 is 4.87 Å².